The van der Waals surface area contributed by atoms with Crippen molar-refractivity contribution in [2.45, 2.75) is 38.3 Å². The lowest BCUT2D eigenvalue weighted by Crippen LogP contribution is -2.36. The Kier molecular flexibility index (Phi) is 5.54. The molecule has 19 heavy (non-hydrogen) atoms. The van der Waals surface area contributed by atoms with Gasteiger partial charge >= 0.3 is 0 Å². The Morgan fingerprint density at radius 2 is 2.11 bits per heavy atom. The van der Waals surface area contributed by atoms with E-state index >= 15 is 0 Å². The number of hydrogen-bond acceptors (Lipinski definition) is 5. The number of nitrogens with two attached hydrogens (primary N) is 1. The van der Waals surface area contributed by atoms with E-state index in [2.05, 4.69) is 23.5 Å². The molecule has 3 N–H and O–H groups in total. The molecule has 0 aromatic carbocycles. The predicted molar refractivity (Wildman–Crippen MR) is 74.3 cm³/mol. The first-order valence-electron chi connectivity index (χ1n) is 6.27. The number of furan rings is 1. The molecule has 0 radical (unpaired) electrons. The maximum absolute atomic E-state index is 12.1. The molecular formula is C12H23N3O3S. The second-order valence-corrected chi connectivity index (χ2v) is 6.54. The van der Waals surface area contributed by atoms with Gasteiger partial charge in [0.05, 0.1) is 6.54 Å². The third-order valence-corrected chi connectivity index (χ3v) is 4.62. The maximum Gasteiger partial charge on any atom is 0.244 e. The standard InChI is InChI=1S/C12H23N3O3S/c1-9(2)15(4)6-5-14-19(16,17)12-7-11(8-13)18-10(12)3/h7,9,14H,5-6,8,13H2,1-4H3. The molecule has 1 heterocycles. The molecule has 0 unspecified atom stereocenters. The van der Waals surface area contributed by atoms with Gasteiger partial charge in [0.15, 0.2) is 0 Å². The maximum atomic E-state index is 12.1. The first kappa shape index (κ1) is 16.2. The van der Waals surface area contributed by atoms with Crippen molar-refractivity contribution in [1.82, 2.24) is 9.62 Å². The van der Waals surface area contributed by atoms with Crippen LogP contribution in [0.3, 0.4) is 0 Å². The normalized spacial score (nSPS) is 12.6. The van der Waals surface area contributed by atoms with E-state index in [1.165, 1.54) is 6.07 Å². The fourth-order valence-electron chi connectivity index (χ4n) is 1.58. The van der Waals surface area contributed by atoms with E-state index in [9.17, 15) is 8.42 Å². The number of sulfonamides is 1. The second-order valence-electron chi connectivity index (χ2n) is 4.81. The van der Waals surface area contributed by atoms with Gasteiger partial charge in [-0.1, -0.05) is 0 Å². The van der Waals surface area contributed by atoms with Gasteiger partial charge in [-0.2, -0.15) is 0 Å². The summed E-state index contributed by atoms with van der Waals surface area (Å²) in [4.78, 5) is 2.23. The Hall–Kier alpha value is -0.890. The fraction of sp³-hybridized carbons (Fsp3) is 0.667. The number of aryl methyl sites for hydroxylation is 1. The minimum Gasteiger partial charge on any atom is -0.464 e. The minimum atomic E-state index is -3.53. The number of nitrogens with zero attached hydrogens (tertiary/aromatic N) is 1. The van der Waals surface area contributed by atoms with Crippen LogP contribution in [0, 0.1) is 6.92 Å². The number of nitrogens with one attached hydrogen (secondary N) is 1. The zero-order chi connectivity index (χ0) is 14.6. The van der Waals surface area contributed by atoms with Crippen LogP contribution in [0.4, 0.5) is 0 Å². The van der Waals surface area contributed by atoms with Crippen LogP contribution in [0.2, 0.25) is 0 Å². The van der Waals surface area contributed by atoms with Gasteiger partial charge in [-0.3, -0.25) is 0 Å². The molecule has 0 aliphatic heterocycles. The monoisotopic (exact) mass is 289 g/mol. The van der Waals surface area contributed by atoms with Crippen LogP contribution in [0.25, 0.3) is 0 Å². The van der Waals surface area contributed by atoms with E-state index < -0.39 is 10.0 Å². The third kappa shape index (κ3) is 4.31. The van der Waals surface area contributed by atoms with Gasteiger partial charge in [-0.15, -0.1) is 0 Å². The summed E-state index contributed by atoms with van der Waals surface area (Å²) >= 11 is 0. The molecule has 0 fully saturated rings. The summed E-state index contributed by atoms with van der Waals surface area (Å²) in [5.74, 6) is 0.835. The summed E-state index contributed by atoms with van der Waals surface area (Å²) in [6, 6.07) is 1.85. The molecule has 7 heteroatoms. The lowest BCUT2D eigenvalue weighted by molar-refractivity contribution is 0.278. The van der Waals surface area contributed by atoms with Crippen LogP contribution in [0.5, 0.6) is 0 Å². The predicted octanol–water partition coefficient (Wildman–Crippen LogP) is 0.665. The van der Waals surface area contributed by atoms with Crippen LogP contribution in [-0.4, -0.2) is 39.5 Å². The molecule has 6 nitrogen and oxygen atoms in total. The molecule has 0 spiro atoms. The summed E-state index contributed by atoms with van der Waals surface area (Å²) in [5, 5.41) is 0. The summed E-state index contributed by atoms with van der Waals surface area (Å²) in [5.41, 5.74) is 5.43. The van der Waals surface area contributed by atoms with Crippen molar-refractivity contribution in [3.8, 4) is 0 Å². The van der Waals surface area contributed by atoms with Crippen molar-refractivity contribution >= 4 is 10.0 Å². The fourth-order valence-corrected chi connectivity index (χ4v) is 2.81. The van der Waals surface area contributed by atoms with Gasteiger partial charge < -0.3 is 15.1 Å². The molecule has 0 aliphatic rings. The molecule has 0 saturated carbocycles. The van der Waals surface area contributed by atoms with Crippen molar-refractivity contribution in [3.63, 3.8) is 0 Å². The Labute approximate surface area is 115 Å². The van der Waals surface area contributed by atoms with Gasteiger partial charge in [-0.25, -0.2) is 13.1 Å². The van der Waals surface area contributed by atoms with E-state index in [0.717, 1.165) is 0 Å². The largest absolute Gasteiger partial charge is 0.464 e. The highest BCUT2D eigenvalue weighted by Crippen LogP contribution is 2.19. The molecule has 0 atom stereocenters. The highest BCUT2D eigenvalue weighted by Gasteiger charge is 2.20. The first-order valence-corrected chi connectivity index (χ1v) is 7.75. The smallest absolute Gasteiger partial charge is 0.244 e. The highest BCUT2D eigenvalue weighted by atomic mass is 32.2. The molecule has 0 saturated heterocycles. The van der Waals surface area contributed by atoms with Crippen molar-refractivity contribution in [1.29, 1.82) is 0 Å². The highest BCUT2D eigenvalue weighted by molar-refractivity contribution is 7.89. The molecule has 0 amide bonds. The van der Waals surface area contributed by atoms with Crippen LogP contribution in [-0.2, 0) is 16.6 Å². The Morgan fingerprint density at radius 3 is 2.58 bits per heavy atom. The van der Waals surface area contributed by atoms with Gasteiger partial charge in [-0.05, 0) is 27.8 Å². The molecule has 0 aliphatic carbocycles. The van der Waals surface area contributed by atoms with Gasteiger partial charge in [0, 0.05) is 25.2 Å². The first-order chi connectivity index (χ1) is 8.77. The molecule has 1 aromatic heterocycles. The molecule has 1 rings (SSSR count). The summed E-state index contributed by atoms with van der Waals surface area (Å²) in [6.07, 6.45) is 0. The summed E-state index contributed by atoms with van der Waals surface area (Å²) in [6.45, 7) is 6.93. The van der Waals surface area contributed by atoms with Crippen molar-refractivity contribution in [2.24, 2.45) is 5.73 Å². The number of rotatable bonds is 7. The van der Waals surface area contributed by atoms with Gasteiger partial charge in [0.2, 0.25) is 10.0 Å². The third-order valence-electron chi connectivity index (χ3n) is 3.05. The summed E-state index contributed by atoms with van der Waals surface area (Å²) in [7, 11) is -1.57. The van der Waals surface area contributed by atoms with Crippen molar-refractivity contribution in [2.75, 3.05) is 20.1 Å². The van der Waals surface area contributed by atoms with Crippen molar-refractivity contribution in [3.05, 3.63) is 17.6 Å². The van der Waals surface area contributed by atoms with Crippen LogP contribution < -0.4 is 10.5 Å². The Balaban J connectivity index is 2.68. The van der Waals surface area contributed by atoms with E-state index in [4.69, 9.17) is 10.2 Å². The quantitative estimate of drug-likeness (QED) is 0.770. The second kappa shape index (κ2) is 6.51. The van der Waals surface area contributed by atoms with E-state index in [1.54, 1.807) is 6.92 Å². The topological polar surface area (TPSA) is 88.6 Å². The van der Waals surface area contributed by atoms with E-state index in [1.807, 2.05) is 7.05 Å². The van der Waals surface area contributed by atoms with Crippen LogP contribution in [0.1, 0.15) is 25.4 Å². The van der Waals surface area contributed by atoms with Gasteiger partial charge in [0.1, 0.15) is 16.4 Å². The molecule has 1 aromatic rings. The summed E-state index contributed by atoms with van der Waals surface area (Å²) < 4.78 is 32.0. The SMILES string of the molecule is Cc1oc(CN)cc1S(=O)(=O)NCCN(C)C(C)C. The molecule has 0 bridgehead atoms. The average molecular weight is 289 g/mol. The van der Waals surface area contributed by atoms with Crippen LogP contribution >= 0.6 is 0 Å². The number of hydrogen-bond donors (Lipinski definition) is 2. The zero-order valence-electron chi connectivity index (χ0n) is 11.9. The minimum absolute atomic E-state index is 0.167. The molecule has 110 valence electrons. The van der Waals surface area contributed by atoms with Gasteiger partial charge in [0.25, 0.3) is 0 Å². The number of likely N-dealkylation sites (N-methyl/N-ethyl adjacent to an activating group) is 1. The lowest BCUT2D eigenvalue weighted by Gasteiger charge is -2.20. The molecular weight excluding hydrogens is 266 g/mol. The Morgan fingerprint density at radius 1 is 1.47 bits per heavy atom. The van der Waals surface area contributed by atoms with Crippen molar-refractivity contribution < 1.29 is 12.8 Å². The van der Waals surface area contributed by atoms with Crippen LogP contribution in [0.15, 0.2) is 15.4 Å². The average Bonchev–Trinajstić information content (AvgIpc) is 2.70. The Bertz CT molecular complexity index is 508. The van der Waals surface area contributed by atoms with E-state index in [-0.39, 0.29) is 11.4 Å². The lowest BCUT2D eigenvalue weighted by atomic mass is 10.3. The zero-order valence-corrected chi connectivity index (χ0v) is 12.8. The van der Waals surface area contributed by atoms with E-state index in [0.29, 0.717) is 30.7 Å².